The first kappa shape index (κ1) is 23.0. The third kappa shape index (κ3) is 6.48. The molecule has 2 unspecified atom stereocenters. The van der Waals surface area contributed by atoms with Gasteiger partial charge in [0.2, 0.25) is 0 Å². The normalized spacial score (nSPS) is 19.4. The molecule has 3 N–H and O–H groups in total. The van der Waals surface area contributed by atoms with Crippen LogP contribution in [0.15, 0.2) is 24.3 Å². The third-order valence-corrected chi connectivity index (χ3v) is 4.04. The van der Waals surface area contributed by atoms with Gasteiger partial charge in [-0.1, -0.05) is 13.8 Å². The van der Waals surface area contributed by atoms with Crippen molar-refractivity contribution in [2.24, 2.45) is 11.8 Å². The minimum absolute atomic E-state index is 0. The van der Waals surface area contributed by atoms with E-state index < -0.39 is 0 Å². The zero-order valence-electron chi connectivity index (χ0n) is 14.5. The molecule has 0 bridgehead atoms. The highest BCUT2D eigenvalue weighted by Gasteiger charge is 2.25. The molecule has 2 rings (SSSR count). The molecule has 2 atom stereocenters. The summed E-state index contributed by atoms with van der Waals surface area (Å²) in [5, 5.41) is 15.7. The van der Waals surface area contributed by atoms with Gasteiger partial charge >= 0.3 is 0 Å². The molecule has 1 aromatic rings. The third-order valence-electron chi connectivity index (χ3n) is 4.04. The van der Waals surface area contributed by atoms with E-state index in [-0.39, 0.29) is 42.7 Å². The summed E-state index contributed by atoms with van der Waals surface area (Å²) in [5.41, 5.74) is 1.77. The monoisotopic (exact) mass is 377 g/mol. The molecule has 1 amide bonds. The molecule has 24 heavy (non-hydrogen) atoms. The molecule has 0 aromatic heterocycles. The summed E-state index contributed by atoms with van der Waals surface area (Å²) >= 11 is 0. The predicted molar refractivity (Wildman–Crippen MR) is 104 cm³/mol. The lowest BCUT2D eigenvalue weighted by molar-refractivity contribution is 0.0927. The van der Waals surface area contributed by atoms with Crippen LogP contribution in [0.2, 0.25) is 0 Å². The average molecular weight is 378 g/mol. The fourth-order valence-electron chi connectivity index (χ4n) is 2.77. The van der Waals surface area contributed by atoms with Crippen molar-refractivity contribution < 1.29 is 9.90 Å². The Morgan fingerprint density at radius 2 is 1.92 bits per heavy atom. The number of carbonyl (C=O) groups is 1. The lowest BCUT2D eigenvalue weighted by atomic mass is 10.1. The molecular weight excluding hydrogens is 349 g/mol. The van der Waals surface area contributed by atoms with Crippen molar-refractivity contribution in [2.45, 2.75) is 20.0 Å². The Hall–Kier alpha value is -1.01. The number of rotatable bonds is 6. The van der Waals surface area contributed by atoms with Crippen LogP contribution < -0.4 is 15.5 Å². The molecule has 7 heteroatoms. The fraction of sp³-hybridized carbons (Fsp3) is 0.588. The van der Waals surface area contributed by atoms with Gasteiger partial charge in [0.1, 0.15) is 0 Å². The number of carbonyl (C=O) groups excluding carboxylic acids is 1. The summed E-state index contributed by atoms with van der Waals surface area (Å²) in [4.78, 5) is 14.3. The van der Waals surface area contributed by atoms with Crippen molar-refractivity contribution in [3.05, 3.63) is 29.8 Å². The number of halogens is 2. The van der Waals surface area contributed by atoms with Crippen molar-refractivity contribution in [3.8, 4) is 0 Å². The summed E-state index contributed by atoms with van der Waals surface area (Å²) in [5.74, 6) is 0.608. The molecule has 1 aliphatic rings. The van der Waals surface area contributed by atoms with Crippen molar-refractivity contribution in [3.63, 3.8) is 0 Å². The highest BCUT2D eigenvalue weighted by atomic mass is 35.5. The van der Waals surface area contributed by atoms with Crippen LogP contribution in [0.1, 0.15) is 24.2 Å². The van der Waals surface area contributed by atoms with E-state index in [4.69, 9.17) is 0 Å². The summed E-state index contributed by atoms with van der Waals surface area (Å²) in [7, 11) is 2.06. The van der Waals surface area contributed by atoms with Crippen LogP contribution in [0, 0.1) is 11.8 Å². The number of hydrogen-bond donors (Lipinski definition) is 3. The highest BCUT2D eigenvalue weighted by Crippen LogP contribution is 2.15. The predicted octanol–water partition coefficient (Wildman–Crippen LogP) is 1.93. The molecule has 1 aromatic carbocycles. The van der Waals surface area contributed by atoms with Crippen LogP contribution in [0.4, 0.5) is 5.69 Å². The number of aliphatic hydroxyl groups is 1. The maximum atomic E-state index is 12.1. The molecule has 0 saturated carbocycles. The summed E-state index contributed by atoms with van der Waals surface area (Å²) in [6.45, 7) is 7.22. The second-order valence-corrected chi connectivity index (χ2v) is 6.52. The molecule has 0 spiro atoms. The maximum absolute atomic E-state index is 12.1. The second kappa shape index (κ2) is 10.8. The largest absolute Gasteiger partial charge is 0.391 e. The SMILES string of the molecule is CC(C)CN(C)c1ccc(C(=O)NCC2CNCC2O)cc1.Cl.Cl. The van der Waals surface area contributed by atoms with E-state index in [1.165, 1.54) is 0 Å². The topological polar surface area (TPSA) is 64.6 Å². The Balaban J connectivity index is 0.00000264. The molecule has 5 nitrogen and oxygen atoms in total. The summed E-state index contributed by atoms with van der Waals surface area (Å²) in [6.07, 6.45) is -0.368. The number of anilines is 1. The maximum Gasteiger partial charge on any atom is 0.251 e. The van der Waals surface area contributed by atoms with Gasteiger partial charge in [-0.3, -0.25) is 4.79 Å². The Bertz CT molecular complexity index is 497. The van der Waals surface area contributed by atoms with Gasteiger partial charge in [0.05, 0.1) is 6.10 Å². The van der Waals surface area contributed by atoms with E-state index in [2.05, 4.69) is 36.4 Å². The molecule has 1 heterocycles. The van der Waals surface area contributed by atoms with Crippen LogP contribution >= 0.6 is 24.8 Å². The van der Waals surface area contributed by atoms with Gasteiger partial charge in [0, 0.05) is 50.4 Å². The smallest absolute Gasteiger partial charge is 0.251 e. The molecule has 1 aliphatic heterocycles. The molecule has 0 aliphatic carbocycles. The first-order valence-corrected chi connectivity index (χ1v) is 7.95. The van der Waals surface area contributed by atoms with E-state index in [0.717, 1.165) is 18.8 Å². The van der Waals surface area contributed by atoms with Crippen LogP contribution in [0.5, 0.6) is 0 Å². The Labute approximate surface area is 157 Å². The van der Waals surface area contributed by atoms with Crippen LogP contribution in [-0.2, 0) is 0 Å². The highest BCUT2D eigenvalue weighted by molar-refractivity contribution is 5.94. The quantitative estimate of drug-likeness (QED) is 0.708. The van der Waals surface area contributed by atoms with Crippen LogP contribution in [0.3, 0.4) is 0 Å². The van der Waals surface area contributed by atoms with Crippen LogP contribution in [-0.4, -0.2) is 50.3 Å². The number of nitrogens with one attached hydrogen (secondary N) is 2. The average Bonchev–Trinajstić information content (AvgIpc) is 2.89. The van der Waals surface area contributed by atoms with Gasteiger partial charge in [0.25, 0.3) is 5.91 Å². The summed E-state index contributed by atoms with van der Waals surface area (Å²) < 4.78 is 0. The minimum Gasteiger partial charge on any atom is -0.391 e. The Morgan fingerprint density at radius 3 is 2.42 bits per heavy atom. The lowest BCUT2D eigenvalue weighted by Gasteiger charge is -2.21. The fourth-order valence-corrected chi connectivity index (χ4v) is 2.77. The Morgan fingerprint density at radius 1 is 1.29 bits per heavy atom. The molecule has 1 fully saturated rings. The number of benzene rings is 1. The Kier molecular flexibility index (Phi) is 10.3. The van der Waals surface area contributed by atoms with E-state index in [9.17, 15) is 9.90 Å². The minimum atomic E-state index is -0.368. The summed E-state index contributed by atoms with van der Waals surface area (Å²) in [6, 6.07) is 7.65. The van der Waals surface area contributed by atoms with Gasteiger partial charge in [-0.15, -0.1) is 24.8 Å². The van der Waals surface area contributed by atoms with Gasteiger partial charge in [0.15, 0.2) is 0 Å². The van der Waals surface area contributed by atoms with Gasteiger partial charge in [-0.05, 0) is 30.2 Å². The van der Waals surface area contributed by atoms with Crippen molar-refractivity contribution >= 4 is 36.4 Å². The molecular formula is C17H29Cl2N3O2. The number of hydrogen-bond acceptors (Lipinski definition) is 4. The van der Waals surface area contributed by atoms with E-state index in [1.807, 2.05) is 24.3 Å². The van der Waals surface area contributed by atoms with E-state index in [0.29, 0.717) is 24.6 Å². The molecule has 0 radical (unpaired) electrons. The van der Waals surface area contributed by atoms with Gasteiger partial charge < -0.3 is 20.6 Å². The van der Waals surface area contributed by atoms with Crippen molar-refractivity contribution in [1.29, 1.82) is 0 Å². The molecule has 1 saturated heterocycles. The van der Waals surface area contributed by atoms with E-state index in [1.54, 1.807) is 0 Å². The number of β-amino-alcohol motifs (C(OH)–C–C–N with tert-alkyl or cyclic N) is 1. The number of nitrogens with zero attached hydrogens (tertiary/aromatic N) is 1. The standard InChI is InChI=1S/C17H27N3O2.2ClH/c1-12(2)11-20(3)15-6-4-13(5-7-15)17(22)19-9-14-8-18-10-16(14)21;;/h4-7,12,14,16,18,21H,8-11H2,1-3H3,(H,19,22);2*1H. The second-order valence-electron chi connectivity index (χ2n) is 6.52. The van der Waals surface area contributed by atoms with Crippen LogP contribution in [0.25, 0.3) is 0 Å². The number of aliphatic hydroxyl groups excluding tert-OH is 1. The van der Waals surface area contributed by atoms with Crippen molar-refractivity contribution in [1.82, 2.24) is 10.6 Å². The zero-order chi connectivity index (χ0) is 16.1. The first-order chi connectivity index (χ1) is 10.5. The zero-order valence-corrected chi connectivity index (χ0v) is 16.1. The van der Waals surface area contributed by atoms with Crippen molar-refractivity contribution in [2.75, 3.05) is 38.1 Å². The van der Waals surface area contributed by atoms with E-state index >= 15 is 0 Å². The lowest BCUT2D eigenvalue weighted by Crippen LogP contribution is -2.34. The first-order valence-electron chi connectivity index (χ1n) is 7.95. The van der Waals surface area contributed by atoms with Gasteiger partial charge in [-0.2, -0.15) is 0 Å². The molecule has 138 valence electrons. The van der Waals surface area contributed by atoms with Gasteiger partial charge in [-0.25, -0.2) is 0 Å². The number of amides is 1.